The highest BCUT2D eigenvalue weighted by atomic mass is 32.1. The Labute approximate surface area is 156 Å². The Morgan fingerprint density at radius 1 is 1.19 bits per heavy atom. The van der Waals surface area contributed by atoms with Gasteiger partial charge in [0.2, 0.25) is 0 Å². The monoisotopic (exact) mass is 366 g/mol. The fourth-order valence-electron chi connectivity index (χ4n) is 3.40. The summed E-state index contributed by atoms with van der Waals surface area (Å²) in [4.78, 5) is 23.1. The number of pyridine rings is 2. The number of carbonyl (C=O) groups is 1. The van der Waals surface area contributed by atoms with Crippen LogP contribution >= 0.6 is 11.3 Å². The topological polar surface area (TPSA) is 80.9 Å². The Morgan fingerprint density at radius 2 is 2.00 bits per heavy atom. The number of aryl methyl sites for hydroxylation is 3. The largest absolute Gasteiger partial charge is 0.397 e. The highest BCUT2D eigenvalue weighted by molar-refractivity contribution is 7.21. The van der Waals surface area contributed by atoms with Gasteiger partial charge in [0, 0.05) is 17.3 Å². The van der Waals surface area contributed by atoms with E-state index in [4.69, 9.17) is 10.7 Å². The maximum absolute atomic E-state index is 12.7. The van der Waals surface area contributed by atoms with E-state index in [2.05, 4.69) is 16.4 Å². The van der Waals surface area contributed by atoms with Crippen molar-refractivity contribution in [3.05, 3.63) is 46.1 Å². The zero-order valence-corrected chi connectivity index (χ0v) is 15.7. The standard InChI is InChI=1S/C20H22N4OS/c1-12-8-9-16(22-11-12)24-19(25)18-17(21)14-10-13-6-4-2-3-5-7-15(13)23-20(14)26-18/h8-11H,2-7,21H2,1H3,(H,22,24,25). The number of nitrogens with zero attached hydrogens (tertiary/aromatic N) is 2. The molecule has 3 heterocycles. The lowest BCUT2D eigenvalue weighted by molar-refractivity contribution is 0.103. The Hall–Kier alpha value is -2.47. The van der Waals surface area contributed by atoms with Crippen molar-refractivity contribution in [3.63, 3.8) is 0 Å². The predicted octanol–water partition coefficient (Wildman–Crippen LogP) is 4.49. The van der Waals surface area contributed by atoms with Gasteiger partial charge in [-0.1, -0.05) is 18.9 Å². The number of rotatable bonds is 2. The van der Waals surface area contributed by atoms with E-state index >= 15 is 0 Å². The first-order chi connectivity index (χ1) is 12.6. The molecule has 0 radical (unpaired) electrons. The lowest BCUT2D eigenvalue weighted by Crippen LogP contribution is -2.12. The van der Waals surface area contributed by atoms with Gasteiger partial charge in [0.15, 0.2) is 0 Å². The van der Waals surface area contributed by atoms with E-state index in [-0.39, 0.29) is 5.91 Å². The molecule has 26 heavy (non-hydrogen) atoms. The molecule has 0 saturated carbocycles. The maximum Gasteiger partial charge on any atom is 0.269 e. The minimum atomic E-state index is -0.228. The van der Waals surface area contributed by atoms with E-state index in [1.807, 2.05) is 13.0 Å². The van der Waals surface area contributed by atoms with Crippen molar-refractivity contribution in [2.45, 2.75) is 45.4 Å². The predicted molar refractivity (Wildman–Crippen MR) is 107 cm³/mol. The Kier molecular flexibility index (Phi) is 4.59. The van der Waals surface area contributed by atoms with Gasteiger partial charge in [-0.3, -0.25) is 4.79 Å². The van der Waals surface area contributed by atoms with E-state index in [0.29, 0.717) is 16.4 Å². The van der Waals surface area contributed by atoms with Crippen LogP contribution in [-0.2, 0) is 12.8 Å². The molecule has 3 N–H and O–H groups in total. The van der Waals surface area contributed by atoms with E-state index in [0.717, 1.165) is 28.6 Å². The highest BCUT2D eigenvalue weighted by Crippen LogP contribution is 2.35. The van der Waals surface area contributed by atoms with Crippen molar-refractivity contribution < 1.29 is 4.79 Å². The summed E-state index contributed by atoms with van der Waals surface area (Å²) in [6.07, 6.45) is 8.69. The van der Waals surface area contributed by atoms with Gasteiger partial charge in [0.1, 0.15) is 15.5 Å². The van der Waals surface area contributed by atoms with Gasteiger partial charge in [0.25, 0.3) is 5.91 Å². The Balaban J connectivity index is 1.68. The van der Waals surface area contributed by atoms with Gasteiger partial charge >= 0.3 is 0 Å². The molecule has 1 amide bonds. The molecule has 6 heteroatoms. The number of thiophene rings is 1. The van der Waals surface area contributed by atoms with Crippen molar-refractivity contribution in [2.24, 2.45) is 0 Å². The van der Waals surface area contributed by atoms with Crippen molar-refractivity contribution in [2.75, 3.05) is 11.1 Å². The first kappa shape index (κ1) is 17.0. The van der Waals surface area contributed by atoms with Gasteiger partial charge < -0.3 is 11.1 Å². The molecule has 1 aliphatic rings. The number of anilines is 2. The molecular weight excluding hydrogens is 344 g/mol. The molecule has 134 valence electrons. The first-order valence-electron chi connectivity index (χ1n) is 9.06. The number of hydrogen-bond donors (Lipinski definition) is 2. The van der Waals surface area contributed by atoms with Crippen LogP contribution in [-0.4, -0.2) is 15.9 Å². The smallest absolute Gasteiger partial charge is 0.269 e. The third kappa shape index (κ3) is 3.29. The van der Waals surface area contributed by atoms with E-state index < -0.39 is 0 Å². The zero-order chi connectivity index (χ0) is 18.1. The summed E-state index contributed by atoms with van der Waals surface area (Å²) in [5.74, 6) is 0.298. The molecule has 0 saturated heterocycles. The summed E-state index contributed by atoms with van der Waals surface area (Å²) in [6, 6.07) is 5.86. The van der Waals surface area contributed by atoms with Crippen LogP contribution in [0.3, 0.4) is 0 Å². The van der Waals surface area contributed by atoms with Crippen LogP contribution in [0, 0.1) is 6.92 Å². The minimum Gasteiger partial charge on any atom is -0.397 e. The highest BCUT2D eigenvalue weighted by Gasteiger charge is 2.20. The molecule has 0 spiro atoms. The number of amides is 1. The quantitative estimate of drug-likeness (QED) is 0.700. The summed E-state index contributed by atoms with van der Waals surface area (Å²) < 4.78 is 0. The SMILES string of the molecule is Cc1ccc(NC(=O)c2sc3nc4c(cc3c2N)CCCCCC4)nc1. The number of aromatic nitrogens is 2. The zero-order valence-electron chi connectivity index (χ0n) is 14.8. The van der Waals surface area contributed by atoms with Crippen molar-refractivity contribution in [1.29, 1.82) is 0 Å². The molecule has 1 aliphatic carbocycles. The second-order valence-electron chi connectivity index (χ2n) is 6.88. The number of carbonyl (C=O) groups excluding carboxylic acids is 1. The van der Waals surface area contributed by atoms with Crippen LogP contribution in [0.25, 0.3) is 10.2 Å². The molecule has 0 unspecified atom stereocenters. The maximum atomic E-state index is 12.7. The number of nitrogens with one attached hydrogen (secondary N) is 1. The molecule has 0 aromatic carbocycles. The van der Waals surface area contributed by atoms with E-state index in [1.165, 1.54) is 48.3 Å². The van der Waals surface area contributed by atoms with Crippen molar-refractivity contribution in [3.8, 4) is 0 Å². The van der Waals surface area contributed by atoms with Crippen LogP contribution in [0.15, 0.2) is 24.4 Å². The van der Waals surface area contributed by atoms with Crippen molar-refractivity contribution >= 4 is 39.0 Å². The molecule has 4 rings (SSSR count). The van der Waals surface area contributed by atoms with Crippen LogP contribution in [0.2, 0.25) is 0 Å². The summed E-state index contributed by atoms with van der Waals surface area (Å²) in [5, 5.41) is 3.73. The summed E-state index contributed by atoms with van der Waals surface area (Å²) in [7, 11) is 0. The first-order valence-corrected chi connectivity index (χ1v) is 9.88. The van der Waals surface area contributed by atoms with Crippen LogP contribution < -0.4 is 11.1 Å². The van der Waals surface area contributed by atoms with Crippen LogP contribution in [0.4, 0.5) is 11.5 Å². The number of fused-ring (bicyclic) bond motifs is 2. The molecule has 0 bridgehead atoms. The van der Waals surface area contributed by atoms with Gasteiger partial charge in [-0.15, -0.1) is 11.3 Å². The molecule has 0 atom stereocenters. The van der Waals surface area contributed by atoms with Crippen LogP contribution in [0.1, 0.15) is 52.2 Å². The van der Waals surface area contributed by atoms with Gasteiger partial charge in [0.05, 0.1) is 5.69 Å². The summed E-state index contributed by atoms with van der Waals surface area (Å²) in [6.45, 7) is 1.96. The average molecular weight is 366 g/mol. The van der Waals surface area contributed by atoms with Gasteiger partial charge in [-0.2, -0.15) is 0 Å². The Morgan fingerprint density at radius 3 is 2.77 bits per heavy atom. The summed E-state index contributed by atoms with van der Waals surface area (Å²) >= 11 is 1.36. The lowest BCUT2D eigenvalue weighted by Gasteiger charge is -2.12. The molecule has 0 aliphatic heterocycles. The Bertz CT molecular complexity index is 962. The molecule has 3 aromatic rings. The molecule has 0 fully saturated rings. The average Bonchev–Trinajstić information content (AvgIpc) is 2.93. The fourth-order valence-corrected chi connectivity index (χ4v) is 4.39. The second kappa shape index (κ2) is 7.03. The number of hydrogen-bond acceptors (Lipinski definition) is 5. The third-order valence-corrected chi connectivity index (χ3v) is 5.97. The normalized spacial score (nSPS) is 14.5. The number of nitrogen functional groups attached to an aromatic ring is 1. The lowest BCUT2D eigenvalue weighted by atomic mass is 9.96. The number of nitrogens with two attached hydrogens (primary N) is 1. The van der Waals surface area contributed by atoms with Gasteiger partial charge in [-0.25, -0.2) is 9.97 Å². The third-order valence-electron chi connectivity index (χ3n) is 4.86. The van der Waals surface area contributed by atoms with Crippen LogP contribution in [0.5, 0.6) is 0 Å². The minimum absolute atomic E-state index is 0.228. The van der Waals surface area contributed by atoms with Crippen molar-refractivity contribution in [1.82, 2.24) is 9.97 Å². The summed E-state index contributed by atoms with van der Waals surface area (Å²) in [5.41, 5.74) is 10.3. The molecule has 3 aromatic heterocycles. The van der Waals surface area contributed by atoms with Gasteiger partial charge in [-0.05, 0) is 55.9 Å². The van der Waals surface area contributed by atoms with E-state index in [1.54, 1.807) is 12.3 Å². The van der Waals surface area contributed by atoms with E-state index in [9.17, 15) is 4.79 Å². The molecular formula is C20H22N4OS. The fraction of sp³-hybridized carbons (Fsp3) is 0.350. The second-order valence-corrected chi connectivity index (χ2v) is 7.88. The molecule has 5 nitrogen and oxygen atoms in total.